The van der Waals surface area contributed by atoms with Crippen LogP contribution in [0.5, 0.6) is 0 Å². The average Bonchev–Trinajstić information content (AvgIpc) is 2.72. The summed E-state index contributed by atoms with van der Waals surface area (Å²) in [4.78, 5) is 16.3. The fraction of sp³-hybridized carbons (Fsp3) is 0.550. The minimum absolute atomic E-state index is 0.0405. The van der Waals surface area contributed by atoms with Gasteiger partial charge in [-0.15, -0.1) is 0 Å². The van der Waals surface area contributed by atoms with Gasteiger partial charge in [0, 0.05) is 18.8 Å². The molecular weight excluding hydrogens is 421 g/mol. The van der Waals surface area contributed by atoms with Crippen molar-refractivity contribution in [2.45, 2.75) is 57.9 Å². The highest BCUT2D eigenvalue weighted by Crippen LogP contribution is 2.29. The van der Waals surface area contributed by atoms with Crippen LogP contribution in [0.1, 0.15) is 45.1 Å². The fourth-order valence-corrected chi connectivity index (χ4v) is 3.88. The minimum Gasteiger partial charge on any atom is -0.379 e. The third-order valence-corrected chi connectivity index (χ3v) is 5.83. The van der Waals surface area contributed by atoms with E-state index < -0.39 is 17.3 Å². The number of halogens is 4. The number of rotatable bonds is 6. The lowest BCUT2D eigenvalue weighted by Crippen LogP contribution is -2.38. The van der Waals surface area contributed by atoms with Crippen LogP contribution < -0.4 is 10.9 Å². The quantitative estimate of drug-likeness (QED) is 0.699. The van der Waals surface area contributed by atoms with Crippen LogP contribution >= 0.6 is 11.6 Å². The van der Waals surface area contributed by atoms with E-state index in [2.05, 4.69) is 29.2 Å². The number of ether oxygens (including phenoxy) is 1. The van der Waals surface area contributed by atoms with Crippen LogP contribution in [0.4, 0.5) is 18.9 Å². The number of pyridine rings is 1. The summed E-state index contributed by atoms with van der Waals surface area (Å²) >= 11 is 6.25. The van der Waals surface area contributed by atoms with Gasteiger partial charge in [0.05, 0.1) is 23.6 Å². The van der Waals surface area contributed by atoms with Crippen molar-refractivity contribution < 1.29 is 17.9 Å². The molecule has 1 saturated heterocycles. The lowest BCUT2D eigenvalue weighted by atomic mass is 9.89. The molecular formula is C20H24ClF3N4O2. The molecule has 6 nitrogen and oxygen atoms in total. The molecule has 0 radical (unpaired) electrons. The normalized spacial score (nSPS) is 19.8. The van der Waals surface area contributed by atoms with Gasteiger partial charge < -0.3 is 10.1 Å². The van der Waals surface area contributed by atoms with Gasteiger partial charge in [-0.3, -0.25) is 4.79 Å². The molecule has 0 aliphatic carbocycles. The van der Waals surface area contributed by atoms with Crippen molar-refractivity contribution in [1.82, 2.24) is 14.8 Å². The molecule has 1 N–H and O–H groups in total. The van der Waals surface area contributed by atoms with Crippen LogP contribution in [0.25, 0.3) is 5.82 Å². The smallest absolute Gasteiger partial charge is 0.379 e. The standard InChI is InChI=1S/C20H24ClF3N4O2/c1-3-12(4-2)16-9-14(7-8-30-16)27-15-11-26-28(19(29)18(15)21)17-6-5-13(10-25-17)20(22,23)24/h5-6,10-12,14,16,27H,3-4,7-9H2,1-2H3. The van der Waals surface area contributed by atoms with Crippen molar-refractivity contribution in [2.75, 3.05) is 11.9 Å². The zero-order valence-electron chi connectivity index (χ0n) is 16.7. The Balaban J connectivity index is 1.77. The van der Waals surface area contributed by atoms with E-state index in [0.717, 1.165) is 42.5 Å². The molecule has 30 heavy (non-hydrogen) atoms. The van der Waals surface area contributed by atoms with Crippen LogP contribution in [-0.4, -0.2) is 33.5 Å². The number of aromatic nitrogens is 3. The molecule has 10 heteroatoms. The first-order valence-corrected chi connectivity index (χ1v) is 10.3. The summed E-state index contributed by atoms with van der Waals surface area (Å²) in [5.74, 6) is 0.434. The Labute approximate surface area is 177 Å². The van der Waals surface area contributed by atoms with E-state index in [0.29, 0.717) is 24.4 Å². The SMILES string of the molecule is CCC(CC)C1CC(Nc2cnn(-c3ccc(C(F)(F)F)cn3)c(=O)c2Cl)CCO1. The molecule has 2 aromatic rings. The van der Waals surface area contributed by atoms with E-state index >= 15 is 0 Å². The Hall–Kier alpha value is -2.13. The predicted molar refractivity (Wildman–Crippen MR) is 108 cm³/mol. The van der Waals surface area contributed by atoms with Gasteiger partial charge in [-0.25, -0.2) is 4.98 Å². The summed E-state index contributed by atoms with van der Waals surface area (Å²) in [6.45, 7) is 4.91. The maximum Gasteiger partial charge on any atom is 0.417 e. The van der Waals surface area contributed by atoms with Gasteiger partial charge in [0.25, 0.3) is 5.56 Å². The van der Waals surface area contributed by atoms with Crippen molar-refractivity contribution in [3.05, 3.63) is 45.5 Å². The first kappa shape index (κ1) is 22.6. The Morgan fingerprint density at radius 3 is 2.63 bits per heavy atom. The number of alkyl halides is 3. The molecule has 3 rings (SSSR count). The summed E-state index contributed by atoms with van der Waals surface area (Å²) in [7, 11) is 0. The van der Waals surface area contributed by atoms with Crippen molar-refractivity contribution in [2.24, 2.45) is 5.92 Å². The summed E-state index contributed by atoms with van der Waals surface area (Å²) in [6.07, 6.45) is 1.33. The highest BCUT2D eigenvalue weighted by molar-refractivity contribution is 6.32. The van der Waals surface area contributed by atoms with Crippen molar-refractivity contribution in [1.29, 1.82) is 0 Å². The molecule has 3 heterocycles. The Kier molecular flexibility index (Phi) is 7.02. The van der Waals surface area contributed by atoms with Gasteiger partial charge in [-0.05, 0) is 30.9 Å². The fourth-order valence-electron chi connectivity index (χ4n) is 3.70. The van der Waals surface area contributed by atoms with Crippen LogP contribution in [0.3, 0.4) is 0 Å². The largest absolute Gasteiger partial charge is 0.417 e. The number of nitrogens with one attached hydrogen (secondary N) is 1. The van der Waals surface area contributed by atoms with E-state index in [1.807, 2.05) is 0 Å². The summed E-state index contributed by atoms with van der Waals surface area (Å²) < 4.78 is 44.9. The van der Waals surface area contributed by atoms with E-state index in [9.17, 15) is 18.0 Å². The second-order valence-corrected chi connectivity index (χ2v) is 7.72. The van der Waals surface area contributed by atoms with Crippen LogP contribution in [0, 0.1) is 5.92 Å². The summed E-state index contributed by atoms with van der Waals surface area (Å²) in [5, 5.41) is 7.22. The maximum atomic E-state index is 12.7. The topological polar surface area (TPSA) is 69.0 Å². The van der Waals surface area contributed by atoms with Gasteiger partial charge in [0.15, 0.2) is 5.82 Å². The Bertz CT molecular complexity index is 914. The molecule has 164 valence electrons. The third kappa shape index (κ3) is 4.95. The number of hydrogen-bond donors (Lipinski definition) is 1. The van der Waals surface area contributed by atoms with E-state index in [-0.39, 0.29) is 23.0 Å². The van der Waals surface area contributed by atoms with Gasteiger partial charge in [0.2, 0.25) is 0 Å². The highest BCUT2D eigenvalue weighted by atomic mass is 35.5. The van der Waals surface area contributed by atoms with Gasteiger partial charge in [-0.2, -0.15) is 23.0 Å². The lowest BCUT2D eigenvalue weighted by Gasteiger charge is -2.35. The number of anilines is 1. The Morgan fingerprint density at radius 1 is 1.30 bits per heavy atom. The molecule has 1 aliphatic rings. The lowest BCUT2D eigenvalue weighted by molar-refractivity contribution is -0.137. The van der Waals surface area contributed by atoms with E-state index in [4.69, 9.17) is 16.3 Å². The summed E-state index contributed by atoms with van der Waals surface area (Å²) in [5.41, 5.74) is -1.17. The van der Waals surface area contributed by atoms with Crippen LogP contribution in [0.15, 0.2) is 29.3 Å². The van der Waals surface area contributed by atoms with Crippen LogP contribution in [-0.2, 0) is 10.9 Å². The first-order chi connectivity index (χ1) is 14.2. The zero-order valence-corrected chi connectivity index (χ0v) is 17.5. The molecule has 2 unspecified atom stereocenters. The molecule has 0 aromatic carbocycles. The molecule has 1 aliphatic heterocycles. The third-order valence-electron chi connectivity index (χ3n) is 5.46. The van der Waals surface area contributed by atoms with Crippen LogP contribution in [0.2, 0.25) is 5.02 Å². The molecule has 2 aromatic heterocycles. The second kappa shape index (κ2) is 9.34. The Morgan fingerprint density at radius 2 is 2.03 bits per heavy atom. The number of nitrogens with zero attached hydrogens (tertiary/aromatic N) is 3. The van der Waals surface area contributed by atoms with E-state index in [1.165, 1.54) is 6.20 Å². The van der Waals surface area contributed by atoms with Gasteiger partial charge in [0.1, 0.15) is 5.02 Å². The molecule has 0 amide bonds. The molecule has 0 spiro atoms. The van der Waals surface area contributed by atoms with Gasteiger partial charge >= 0.3 is 6.18 Å². The maximum absolute atomic E-state index is 12.7. The van der Waals surface area contributed by atoms with Crippen molar-refractivity contribution in [3.8, 4) is 5.82 Å². The molecule has 1 fully saturated rings. The monoisotopic (exact) mass is 444 g/mol. The van der Waals surface area contributed by atoms with Gasteiger partial charge in [-0.1, -0.05) is 38.3 Å². The first-order valence-electron chi connectivity index (χ1n) is 9.94. The highest BCUT2D eigenvalue weighted by Gasteiger charge is 2.31. The van der Waals surface area contributed by atoms with E-state index in [1.54, 1.807) is 0 Å². The average molecular weight is 445 g/mol. The van der Waals surface area contributed by atoms with Crippen molar-refractivity contribution in [3.63, 3.8) is 0 Å². The zero-order chi connectivity index (χ0) is 21.9. The van der Waals surface area contributed by atoms with Crippen molar-refractivity contribution >= 4 is 17.3 Å². The summed E-state index contributed by atoms with van der Waals surface area (Å²) in [6, 6.07) is 2.01. The molecule has 2 atom stereocenters. The second-order valence-electron chi connectivity index (χ2n) is 7.34. The molecule has 0 saturated carbocycles. The predicted octanol–water partition coefficient (Wildman–Crippen LogP) is 4.70. The minimum atomic E-state index is -4.51. The number of hydrogen-bond acceptors (Lipinski definition) is 5. The molecule has 0 bridgehead atoms.